The maximum Gasteiger partial charge on any atom is 0.255 e. The van der Waals surface area contributed by atoms with E-state index in [0.29, 0.717) is 44.9 Å². The van der Waals surface area contributed by atoms with Gasteiger partial charge in [-0.05, 0) is 44.2 Å². The first kappa shape index (κ1) is 26.7. The van der Waals surface area contributed by atoms with Crippen LogP contribution < -0.4 is 10.6 Å². The molecule has 7 nitrogen and oxygen atoms in total. The van der Waals surface area contributed by atoms with Gasteiger partial charge in [0.2, 0.25) is 0 Å². The molecule has 1 unspecified atom stereocenters. The van der Waals surface area contributed by atoms with Crippen molar-refractivity contribution in [1.29, 1.82) is 0 Å². The zero-order valence-electron chi connectivity index (χ0n) is 20.8. The highest BCUT2D eigenvalue weighted by molar-refractivity contribution is 8.14. The molecule has 2 N–H and O–H groups in total. The summed E-state index contributed by atoms with van der Waals surface area (Å²) in [6.45, 7) is 4.64. The van der Waals surface area contributed by atoms with E-state index in [2.05, 4.69) is 20.7 Å². The highest BCUT2D eigenvalue weighted by Crippen LogP contribution is 2.39. The van der Waals surface area contributed by atoms with Crippen molar-refractivity contribution in [2.24, 2.45) is 12.1 Å². The predicted molar refractivity (Wildman–Crippen MR) is 145 cm³/mol. The van der Waals surface area contributed by atoms with Gasteiger partial charge in [-0.25, -0.2) is 18.8 Å². The molecule has 0 spiro atoms. The van der Waals surface area contributed by atoms with E-state index in [1.54, 1.807) is 17.2 Å². The molecule has 38 heavy (non-hydrogen) atoms. The van der Waals surface area contributed by atoms with Gasteiger partial charge in [0.25, 0.3) is 5.91 Å². The standard InChI is InChI=1S/C26H24Cl2F2N6OS/c1-13-21(35(3)14(2)33-13)11-31-16-9-17(27)24(18(28)10-16)25-20-5-7-23(34-36(20)12-32-26(25)37)38-22-6-4-15(29)8-19(22)30/h4-9,16,31H,10-12H2,1-3H3,(H,32,37). The van der Waals surface area contributed by atoms with Crippen molar-refractivity contribution >= 4 is 45.9 Å². The molecule has 3 aliphatic rings. The van der Waals surface area contributed by atoms with Crippen molar-refractivity contribution in [1.82, 2.24) is 25.2 Å². The molecule has 0 bridgehead atoms. The largest absolute Gasteiger partial charge is 0.334 e. The summed E-state index contributed by atoms with van der Waals surface area (Å²) in [7, 11) is 1.97. The summed E-state index contributed by atoms with van der Waals surface area (Å²) in [4.78, 5) is 17.7. The molecule has 0 saturated heterocycles. The van der Waals surface area contributed by atoms with E-state index in [9.17, 15) is 13.6 Å². The van der Waals surface area contributed by atoms with Crippen LogP contribution >= 0.6 is 35.0 Å². The molecule has 5 rings (SSSR count). The summed E-state index contributed by atoms with van der Waals surface area (Å²) >= 11 is 14.5. The number of allylic oxidation sites excluding steroid dienone is 2. The lowest BCUT2D eigenvalue weighted by atomic mass is 9.93. The first-order valence-electron chi connectivity index (χ1n) is 11.8. The van der Waals surface area contributed by atoms with Crippen LogP contribution in [0.3, 0.4) is 0 Å². The molecule has 0 radical (unpaired) electrons. The number of hydrazone groups is 1. The van der Waals surface area contributed by atoms with Crippen molar-refractivity contribution in [2.45, 2.75) is 37.8 Å². The zero-order valence-corrected chi connectivity index (χ0v) is 23.1. The number of nitrogens with one attached hydrogen (secondary N) is 2. The van der Waals surface area contributed by atoms with E-state index in [1.807, 2.05) is 31.5 Å². The van der Waals surface area contributed by atoms with E-state index in [-0.39, 0.29) is 23.5 Å². The van der Waals surface area contributed by atoms with Gasteiger partial charge < -0.3 is 15.2 Å². The molecule has 1 aromatic heterocycles. The maximum absolute atomic E-state index is 14.1. The van der Waals surface area contributed by atoms with Gasteiger partial charge in [-0.3, -0.25) is 4.79 Å². The van der Waals surface area contributed by atoms with Crippen LogP contribution in [0.25, 0.3) is 0 Å². The van der Waals surface area contributed by atoms with E-state index >= 15 is 0 Å². The molecule has 1 atom stereocenters. The SMILES string of the molecule is Cc1nc(C)n(C)c1CNC1C=C(Cl)C(C2=C3C=CC(Sc4ccc(F)cc4F)=NN3CNC2=O)=C(Cl)C1. The Morgan fingerprint density at radius 3 is 2.68 bits per heavy atom. The van der Waals surface area contributed by atoms with Crippen LogP contribution in [-0.4, -0.2) is 38.2 Å². The number of imidazole rings is 1. The van der Waals surface area contributed by atoms with Gasteiger partial charge in [0, 0.05) is 52.7 Å². The zero-order chi connectivity index (χ0) is 27.1. The topological polar surface area (TPSA) is 74.6 Å². The smallest absolute Gasteiger partial charge is 0.255 e. The average Bonchev–Trinajstić information content (AvgIpc) is 3.10. The molecule has 1 aromatic carbocycles. The molecule has 1 aliphatic carbocycles. The van der Waals surface area contributed by atoms with Crippen molar-refractivity contribution in [3.63, 3.8) is 0 Å². The average molecular weight is 577 g/mol. The van der Waals surface area contributed by atoms with Crippen LogP contribution in [0.2, 0.25) is 0 Å². The monoisotopic (exact) mass is 576 g/mol. The number of fused-ring (bicyclic) bond motifs is 1. The van der Waals surface area contributed by atoms with Crippen LogP contribution in [0.1, 0.15) is 23.6 Å². The summed E-state index contributed by atoms with van der Waals surface area (Å²) in [5, 5.41) is 13.7. The Kier molecular flexibility index (Phi) is 7.50. The lowest BCUT2D eigenvalue weighted by Gasteiger charge is -2.33. The highest BCUT2D eigenvalue weighted by atomic mass is 35.5. The van der Waals surface area contributed by atoms with E-state index < -0.39 is 11.6 Å². The number of carbonyl (C=O) groups excluding carboxylic acids is 1. The quantitative estimate of drug-likeness (QED) is 0.517. The summed E-state index contributed by atoms with van der Waals surface area (Å²) in [5.41, 5.74) is 3.34. The molecule has 0 saturated carbocycles. The summed E-state index contributed by atoms with van der Waals surface area (Å²) in [6.07, 6.45) is 5.71. The Balaban J connectivity index is 1.37. The third-order valence-corrected chi connectivity index (χ3v) is 8.17. The first-order chi connectivity index (χ1) is 18.1. The Morgan fingerprint density at radius 1 is 1.21 bits per heavy atom. The van der Waals surface area contributed by atoms with Gasteiger partial charge in [0.05, 0.1) is 22.7 Å². The van der Waals surface area contributed by atoms with Crippen LogP contribution in [0.15, 0.2) is 73.3 Å². The second-order valence-electron chi connectivity index (χ2n) is 9.01. The van der Waals surface area contributed by atoms with Crippen molar-refractivity contribution in [3.05, 3.63) is 92.2 Å². The van der Waals surface area contributed by atoms with Crippen LogP contribution in [0.5, 0.6) is 0 Å². The fraction of sp³-hybridized carbons (Fsp3) is 0.269. The lowest BCUT2D eigenvalue weighted by molar-refractivity contribution is -0.118. The van der Waals surface area contributed by atoms with Gasteiger partial charge in [-0.2, -0.15) is 5.10 Å². The van der Waals surface area contributed by atoms with Gasteiger partial charge in [0.1, 0.15) is 29.2 Å². The van der Waals surface area contributed by atoms with E-state index in [0.717, 1.165) is 35.0 Å². The predicted octanol–water partition coefficient (Wildman–Crippen LogP) is 5.11. The van der Waals surface area contributed by atoms with Gasteiger partial charge in [-0.1, -0.05) is 35.0 Å². The fourth-order valence-electron chi connectivity index (χ4n) is 4.52. The number of aromatic nitrogens is 2. The number of benzene rings is 1. The van der Waals surface area contributed by atoms with Gasteiger partial charge in [-0.15, -0.1) is 0 Å². The number of aryl methyl sites for hydroxylation is 2. The number of thioether (sulfide) groups is 1. The Morgan fingerprint density at radius 2 is 2.00 bits per heavy atom. The summed E-state index contributed by atoms with van der Waals surface area (Å²) < 4.78 is 29.4. The van der Waals surface area contributed by atoms with Crippen LogP contribution in [0.4, 0.5) is 8.78 Å². The minimum absolute atomic E-state index is 0.123. The minimum Gasteiger partial charge on any atom is -0.334 e. The molecule has 2 aromatic rings. The fourth-order valence-corrected chi connectivity index (χ4v) is 6.08. The molecule has 1 amide bonds. The third-order valence-electron chi connectivity index (χ3n) is 6.54. The summed E-state index contributed by atoms with van der Waals surface area (Å²) in [5.74, 6) is -0.703. The second-order valence-corrected chi connectivity index (χ2v) is 10.9. The number of rotatable bonds is 5. The number of nitrogens with zero attached hydrogens (tertiary/aromatic N) is 4. The minimum atomic E-state index is -0.673. The van der Waals surface area contributed by atoms with Gasteiger partial charge in [0.15, 0.2) is 0 Å². The van der Waals surface area contributed by atoms with Crippen LogP contribution in [-0.2, 0) is 18.4 Å². The second kappa shape index (κ2) is 10.7. The normalized spacial score (nSPS) is 19.5. The molecular formula is C26H24Cl2F2N6OS. The maximum atomic E-state index is 14.1. The number of hydrogen-bond donors (Lipinski definition) is 2. The lowest BCUT2D eigenvalue weighted by Crippen LogP contribution is -2.43. The van der Waals surface area contributed by atoms with E-state index in [1.165, 1.54) is 12.1 Å². The highest BCUT2D eigenvalue weighted by Gasteiger charge is 2.34. The molecule has 198 valence electrons. The molecule has 12 heteroatoms. The van der Waals surface area contributed by atoms with Crippen molar-refractivity contribution < 1.29 is 13.6 Å². The van der Waals surface area contributed by atoms with Crippen molar-refractivity contribution in [2.75, 3.05) is 6.67 Å². The molecule has 3 heterocycles. The molecule has 0 fully saturated rings. The Hall–Kier alpha value is -2.92. The Bertz CT molecular complexity index is 1490. The van der Waals surface area contributed by atoms with E-state index in [4.69, 9.17) is 23.2 Å². The number of halogens is 4. The first-order valence-corrected chi connectivity index (χ1v) is 13.4. The van der Waals surface area contributed by atoms with Crippen LogP contribution in [0, 0.1) is 25.5 Å². The van der Waals surface area contributed by atoms with Crippen molar-refractivity contribution in [3.8, 4) is 0 Å². The number of carbonyl (C=O) groups is 1. The number of hydrogen-bond acceptors (Lipinski definition) is 6. The number of amides is 1. The third kappa shape index (κ3) is 5.18. The molecular weight excluding hydrogens is 553 g/mol. The van der Waals surface area contributed by atoms with Gasteiger partial charge >= 0.3 is 0 Å². The summed E-state index contributed by atoms with van der Waals surface area (Å²) in [6, 6.07) is 3.25. The molecule has 2 aliphatic heterocycles. The Labute approximate surface area is 233 Å².